The first-order chi connectivity index (χ1) is 15.6. The number of carbonyl (C=O) groups excluding carboxylic acids is 1. The Morgan fingerprint density at radius 3 is 2.41 bits per heavy atom. The molecule has 0 atom stereocenters. The van der Waals surface area contributed by atoms with Crippen molar-refractivity contribution in [3.63, 3.8) is 0 Å². The number of Topliss-reactive ketones (excluding diaryl/α,β-unsaturated/α-hetero) is 1. The number of hydrogen-bond donors (Lipinski definition) is 3. The van der Waals surface area contributed by atoms with Crippen molar-refractivity contribution in [3.05, 3.63) is 83.3 Å². The van der Waals surface area contributed by atoms with E-state index in [0.29, 0.717) is 16.4 Å². The maximum absolute atomic E-state index is 12.9. The summed E-state index contributed by atoms with van der Waals surface area (Å²) in [7, 11) is 1.00. The molecule has 0 fully saturated rings. The number of anilines is 3. The molecule has 0 aliphatic carbocycles. The molecule has 0 bridgehead atoms. The summed E-state index contributed by atoms with van der Waals surface area (Å²) >= 11 is 1.26. The van der Waals surface area contributed by atoms with Crippen LogP contribution in [-0.4, -0.2) is 23.0 Å². The van der Waals surface area contributed by atoms with Gasteiger partial charge in [0.2, 0.25) is 5.78 Å². The molecule has 0 saturated heterocycles. The van der Waals surface area contributed by atoms with E-state index >= 15 is 0 Å². The summed E-state index contributed by atoms with van der Waals surface area (Å²) in [5, 5.41) is 10.8. The average molecular weight is 452 g/mol. The van der Waals surface area contributed by atoms with Crippen LogP contribution < -0.4 is 15.8 Å². The standard InChI is InChI=1S/C24H25N3O2S.CH4O/c1-3-5-10-17(9-4-2)21(28)22-23(25)27-24(30-22)26-18-13-15-20(16-14-18)29-19-11-7-6-8-12-19;1-2/h3,5-9,11-16H,4,10,25H2,1-2H3,(H,26,27);2H,1H3/b5-3-,17-9+;. The number of nitrogen functional groups attached to an aromatic ring is 1. The number of hydrogen-bond acceptors (Lipinski definition) is 7. The molecule has 0 aliphatic heterocycles. The number of rotatable bonds is 9. The number of thiazole rings is 1. The number of ketones is 1. The molecular weight excluding hydrogens is 422 g/mol. The largest absolute Gasteiger partial charge is 0.457 e. The molecule has 0 unspecified atom stereocenters. The molecular formula is C25H29N3O3S. The first kappa shape index (κ1) is 24.8. The van der Waals surface area contributed by atoms with Gasteiger partial charge in [0.1, 0.15) is 22.2 Å². The van der Waals surface area contributed by atoms with Crippen LogP contribution in [0.5, 0.6) is 11.5 Å². The second kappa shape index (κ2) is 13.1. The highest BCUT2D eigenvalue weighted by Crippen LogP contribution is 2.31. The fourth-order valence-corrected chi connectivity index (χ4v) is 3.69. The lowest BCUT2D eigenvalue weighted by Gasteiger charge is -2.07. The first-order valence-corrected chi connectivity index (χ1v) is 11.1. The second-order valence-corrected chi connectivity index (χ2v) is 7.54. The molecule has 0 radical (unpaired) electrons. The van der Waals surface area contributed by atoms with Crippen LogP contribution in [0.1, 0.15) is 36.4 Å². The summed E-state index contributed by atoms with van der Waals surface area (Å²) in [5.41, 5.74) is 7.61. The van der Waals surface area contributed by atoms with Gasteiger partial charge in [-0.2, -0.15) is 0 Å². The van der Waals surface area contributed by atoms with Crippen LogP contribution in [0, 0.1) is 0 Å². The van der Waals surface area contributed by atoms with Crippen molar-refractivity contribution in [2.24, 2.45) is 0 Å². The lowest BCUT2D eigenvalue weighted by Crippen LogP contribution is -2.04. The van der Waals surface area contributed by atoms with Gasteiger partial charge in [-0.3, -0.25) is 4.79 Å². The number of aliphatic hydroxyl groups is 1. The summed E-state index contributed by atoms with van der Waals surface area (Å²) in [4.78, 5) is 17.7. The van der Waals surface area contributed by atoms with Crippen molar-refractivity contribution in [3.8, 4) is 11.5 Å². The molecule has 0 spiro atoms. The number of benzene rings is 2. The fourth-order valence-electron chi connectivity index (χ4n) is 2.81. The summed E-state index contributed by atoms with van der Waals surface area (Å²) in [6.07, 6.45) is 7.23. The van der Waals surface area contributed by atoms with Gasteiger partial charge in [0.25, 0.3) is 0 Å². The molecule has 3 aromatic rings. The van der Waals surface area contributed by atoms with Crippen LogP contribution in [0.25, 0.3) is 0 Å². The molecule has 2 aromatic carbocycles. The van der Waals surface area contributed by atoms with Crippen molar-refractivity contribution in [1.29, 1.82) is 0 Å². The minimum atomic E-state index is -0.0652. The van der Waals surface area contributed by atoms with E-state index in [0.717, 1.165) is 36.3 Å². The Morgan fingerprint density at radius 2 is 1.78 bits per heavy atom. The normalized spacial score (nSPS) is 11.1. The smallest absolute Gasteiger partial charge is 0.202 e. The average Bonchev–Trinajstić information content (AvgIpc) is 3.19. The number of allylic oxidation sites excluding steroid dienone is 4. The highest BCUT2D eigenvalue weighted by atomic mass is 32.1. The van der Waals surface area contributed by atoms with Crippen molar-refractivity contribution in [2.45, 2.75) is 26.7 Å². The van der Waals surface area contributed by atoms with Crippen molar-refractivity contribution >= 4 is 33.8 Å². The Balaban J connectivity index is 0.00000176. The van der Waals surface area contributed by atoms with Gasteiger partial charge in [-0.1, -0.05) is 54.7 Å². The molecule has 0 amide bonds. The van der Waals surface area contributed by atoms with Crippen LogP contribution in [0.2, 0.25) is 0 Å². The van der Waals surface area contributed by atoms with Gasteiger partial charge in [-0.05, 0) is 56.2 Å². The van der Waals surface area contributed by atoms with E-state index in [9.17, 15) is 4.79 Å². The highest BCUT2D eigenvalue weighted by molar-refractivity contribution is 7.18. The van der Waals surface area contributed by atoms with Gasteiger partial charge in [-0.25, -0.2) is 4.98 Å². The van der Waals surface area contributed by atoms with Crippen molar-refractivity contribution in [2.75, 3.05) is 18.2 Å². The third-order valence-corrected chi connectivity index (χ3v) is 5.25. The maximum Gasteiger partial charge on any atom is 0.202 e. The van der Waals surface area contributed by atoms with Gasteiger partial charge in [0, 0.05) is 18.4 Å². The number of ether oxygens (including phenoxy) is 1. The molecule has 168 valence electrons. The summed E-state index contributed by atoms with van der Waals surface area (Å²) in [6, 6.07) is 17.1. The van der Waals surface area contributed by atoms with Gasteiger partial charge in [0.05, 0.1) is 0 Å². The Hall–Kier alpha value is -3.42. The molecule has 1 heterocycles. The zero-order chi connectivity index (χ0) is 23.3. The van der Waals surface area contributed by atoms with Crippen LogP contribution in [0.3, 0.4) is 0 Å². The Morgan fingerprint density at radius 1 is 1.12 bits per heavy atom. The van der Waals surface area contributed by atoms with E-state index < -0.39 is 0 Å². The van der Waals surface area contributed by atoms with E-state index in [1.807, 2.05) is 86.7 Å². The minimum Gasteiger partial charge on any atom is -0.457 e. The Kier molecular flexibility index (Phi) is 10.2. The zero-order valence-electron chi connectivity index (χ0n) is 18.5. The van der Waals surface area contributed by atoms with Gasteiger partial charge in [-0.15, -0.1) is 0 Å². The van der Waals surface area contributed by atoms with Crippen LogP contribution in [0.15, 0.2) is 78.4 Å². The molecule has 32 heavy (non-hydrogen) atoms. The number of nitrogens with one attached hydrogen (secondary N) is 1. The third-order valence-electron chi connectivity index (χ3n) is 4.26. The number of para-hydroxylation sites is 1. The fraction of sp³-hybridized carbons (Fsp3) is 0.200. The predicted molar refractivity (Wildman–Crippen MR) is 133 cm³/mol. The van der Waals surface area contributed by atoms with Crippen molar-refractivity contribution in [1.82, 2.24) is 4.98 Å². The number of aromatic nitrogens is 1. The lowest BCUT2D eigenvalue weighted by atomic mass is 10.0. The second-order valence-electron chi connectivity index (χ2n) is 6.54. The molecule has 4 N–H and O–H groups in total. The number of carbonyl (C=O) groups is 1. The van der Waals surface area contributed by atoms with Crippen LogP contribution in [-0.2, 0) is 0 Å². The van der Waals surface area contributed by atoms with Crippen LogP contribution >= 0.6 is 11.3 Å². The van der Waals surface area contributed by atoms with E-state index in [2.05, 4.69) is 10.3 Å². The van der Waals surface area contributed by atoms with Gasteiger partial charge in [0.15, 0.2) is 5.13 Å². The lowest BCUT2D eigenvalue weighted by molar-refractivity contribution is 0.103. The molecule has 3 rings (SSSR count). The van der Waals surface area contributed by atoms with Gasteiger partial charge < -0.3 is 20.9 Å². The SMILES string of the molecule is C/C=C\C/C(=C\CC)C(=O)c1sc(Nc2ccc(Oc3ccccc3)cc2)nc1N.CO. The minimum absolute atomic E-state index is 0.0652. The zero-order valence-corrected chi connectivity index (χ0v) is 19.4. The van der Waals surface area contributed by atoms with E-state index in [1.54, 1.807) is 0 Å². The molecule has 0 saturated carbocycles. The molecule has 6 nitrogen and oxygen atoms in total. The van der Waals surface area contributed by atoms with E-state index in [-0.39, 0.29) is 11.6 Å². The van der Waals surface area contributed by atoms with Gasteiger partial charge >= 0.3 is 0 Å². The summed E-state index contributed by atoms with van der Waals surface area (Å²) in [5.74, 6) is 1.70. The number of nitrogens with zero attached hydrogens (tertiary/aromatic N) is 1. The van der Waals surface area contributed by atoms with E-state index in [1.165, 1.54) is 11.3 Å². The number of aliphatic hydroxyl groups excluding tert-OH is 1. The first-order valence-electron chi connectivity index (χ1n) is 10.3. The highest BCUT2D eigenvalue weighted by Gasteiger charge is 2.19. The topological polar surface area (TPSA) is 97.5 Å². The quantitative estimate of drug-likeness (QED) is 0.199. The van der Waals surface area contributed by atoms with Crippen molar-refractivity contribution < 1.29 is 14.6 Å². The summed E-state index contributed by atoms with van der Waals surface area (Å²) < 4.78 is 5.80. The number of nitrogens with two attached hydrogens (primary N) is 1. The van der Waals surface area contributed by atoms with Crippen LogP contribution in [0.4, 0.5) is 16.6 Å². The Labute approximate surface area is 193 Å². The monoisotopic (exact) mass is 451 g/mol. The molecule has 1 aromatic heterocycles. The maximum atomic E-state index is 12.9. The molecule has 0 aliphatic rings. The Bertz CT molecular complexity index is 1040. The predicted octanol–water partition coefficient (Wildman–Crippen LogP) is 6.36. The third kappa shape index (κ3) is 7.08. The molecule has 7 heteroatoms. The summed E-state index contributed by atoms with van der Waals surface area (Å²) in [6.45, 7) is 3.95. The van der Waals surface area contributed by atoms with E-state index in [4.69, 9.17) is 15.6 Å².